The molecule has 27 heavy (non-hydrogen) atoms. The Hall–Kier alpha value is -2.32. The Labute approximate surface area is 159 Å². The smallest absolute Gasteiger partial charge is 0.409 e. The summed E-state index contributed by atoms with van der Waals surface area (Å²) in [7, 11) is 0. The molecule has 0 atom stereocenters. The highest BCUT2D eigenvalue weighted by Gasteiger charge is 2.32. The van der Waals surface area contributed by atoms with Crippen molar-refractivity contribution in [2.75, 3.05) is 26.2 Å². The van der Waals surface area contributed by atoms with Gasteiger partial charge in [-0.25, -0.2) is 0 Å². The van der Waals surface area contributed by atoms with Gasteiger partial charge >= 0.3 is 6.18 Å². The summed E-state index contributed by atoms with van der Waals surface area (Å²) in [6.07, 6.45) is -3.84. The van der Waals surface area contributed by atoms with Crippen LogP contribution in [0.15, 0.2) is 47.8 Å². The largest absolute Gasteiger partial charge is 0.417 e. The number of oxime groups is 1. The van der Waals surface area contributed by atoms with E-state index in [1.807, 2.05) is 18.2 Å². The highest BCUT2D eigenvalue weighted by atomic mass is 35.5. The Balaban J connectivity index is 1.67. The zero-order chi connectivity index (χ0) is 19.4. The third-order valence-electron chi connectivity index (χ3n) is 4.40. The molecule has 0 unspecified atom stereocenters. The molecule has 0 amide bonds. The van der Waals surface area contributed by atoms with Gasteiger partial charge in [0.1, 0.15) is 5.69 Å². The minimum absolute atomic E-state index is 0.0312. The molecule has 9 heteroatoms. The zero-order valence-corrected chi connectivity index (χ0v) is 15.1. The van der Waals surface area contributed by atoms with Gasteiger partial charge in [-0.15, -0.1) is 0 Å². The molecule has 5 nitrogen and oxygen atoms in total. The average Bonchev–Trinajstić information content (AvgIpc) is 2.65. The molecule has 3 rings (SSSR count). The minimum Gasteiger partial charge on any atom is -0.409 e. The first kappa shape index (κ1) is 19.4. The molecule has 1 N–H and O–H groups in total. The molecule has 0 saturated carbocycles. The van der Waals surface area contributed by atoms with E-state index >= 15 is 0 Å². The molecule has 1 saturated heterocycles. The van der Waals surface area contributed by atoms with Crippen LogP contribution in [-0.4, -0.2) is 52.0 Å². The van der Waals surface area contributed by atoms with Gasteiger partial charge in [0.25, 0.3) is 0 Å². The SMILES string of the molecule is O/N=C(/c1ncc(C(F)(F)F)cc1Cl)N1CCN(Cc2ccccc2)CC1. The summed E-state index contributed by atoms with van der Waals surface area (Å²) < 4.78 is 38.3. The minimum atomic E-state index is -4.53. The molecule has 0 bridgehead atoms. The van der Waals surface area contributed by atoms with Gasteiger partial charge in [0.05, 0.1) is 10.6 Å². The number of alkyl halides is 3. The fourth-order valence-electron chi connectivity index (χ4n) is 2.98. The molecule has 2 aromatic rings. The highest BCUT2D eigenvalue weighted by Crippen LogP contribution is 2.31. The van der Waals surface area contributed by atoms with Crippen LogP contribution in [0.1, 0.15) is 16.8 Å². The fraction of sp³-hybridized carbons (Fsp3) is 0.333. The maximum absolute atomic E-state index is 12.8. The van der Waals surface area contributed by atoms with Gasteiger partial charge in [-0.1, -0.05) is 47.1 Å². The Morgan fingerprint density at radius 1 is 1.15 bits per heavy atom. The molecule has 1 aromatic heterocycles. The van der Waals surface area contributed by atoms with E-state index in [4.69, 9.17) is 11.6 Å². The second kappa shape index (κ2) is 8.14. The van der Waals surface area contributed by atoms with Gasteiger partial charge in [0.15, 0.2) is 5.84 Å². The Morgan fingerprint density at radius 2 is 1.81 bits per heavy atom. The molecule has 0 spiro atoms. The van der Waals surface area contributed by atoms with Crippen molar-refractivity contribution in [1.29, 1.82) is 0 Å². The lowest BCUT2D eigenvalue weighted by molar-refractivity contribution is -0.137. The van der Waals surface area contributed by atoms with E-state index in [0.29, 0.717) is 32.4 Å². The summed E-state index contributed by atoms with van der Waals surface area (Å²) in [5, 5.41) is 12.4. The topological polar surface area (TPSA) is 52.0 Å². The van der Waals surface area contributed by atoms with E-state index in [1.54, 1.807) is 4.90 Å². The lowest BCUT2D eigenvalue weighted by atomic mass is 10.2. The molecule has 144 valence electrons. The molecule has 1 aromatic carbocycles. The van der Waals surface area contributed by atoms with Crippen LogP contribution in [0.2, 0.25) is 5.02 Å². The van der Waals surface area contributed by atoms with Crippen molar-refractivity contribution in [2.24, 2.45) is 5.16 Å². The van der Waals surface area contributed by atoms with Crippen molar-refractivity contribution in [3.8, 4) is 0 Å². The van der Waals surface area contributed by atoms with E-state index < -0.39 is 11.7 Å². The van der Waals surface area contributed by atoms with Crippen LogP contribution < -0.4 is 0 Å². The van der Waals surface area contributed by atoms with Gasteiger partial charge < -0.3 is 10.1 Å². The maximum Gasteiger partial charge on any atom is 0.417 e. The Kier molecular flexibility index (Phi) is 5.86. The second-order valence-corrected chi connectivity index (χ2v) is 6.63. The first-order chi connectivity index (χ1) is 12.9. The van der Waals surface area contributed by atoms with Crippen molar-refractivity contribution >= 4 is 17.4 Å². The van der Waals surface area contributed by atoms with Crippen LogP contribution in [0.5, 0.6) is 0 Å². The summed E-state index contributed by atoms with van der Waals surface area (Å²) in [6.45, 7) is 3.33. The van der Waals surface area contributed by atoms with Gasteiger partial charge in [0, 0.05) is 38.9 Å². The zero-order valence-electron chi connectivity index (χ0n) is 14.3. The molecule has 0 radical (unpaired) electrons. The maximum atomic E-state index is 12.8. The van der Waals surface area contributed by atoms with E-state index in [-0.39, 0.29) is 16.6 Å². The van der Waals surface area contributed by atoms with Gasteiger partial charge in [-0.05, 0) is 11.6 Å². The molecular weight excluding hydrogens is 381 g/mol. The highest BCUT2D eigenvalue weighted by molar-refractivity contribution is 6.33. The lowest BCUT2D eigenvalue weighted by Gasteiger charge is -2.35. The number of hydrogen-bond acceptors (Lipinski definition) is 4. The van der Waals surface area contributed by atoms with Gasteiger partial charge in [0.2, 0.25) is 0 Å². The number of piperazine rings is 1. The summed E-state index contributed by atoms with van der Waals surface area (Å²) in [6, 6.07) is 10.8. The number of rotatable bonds is 3. The van der Waals surface area contributed by atoms with Crippen LogP contribution in [0.4, 0.5) is 13.2 Å². The molecule has 2 heterocycles. The van der Waals surface area contributed by atoms with E-state index in [1.165, 1.54) is 5.56 Å². The standard InChI is InChI=1S/C18H18ClF3N4O/c19-15-10-14(18(20,21)22)11-23-16(15)17(24-27)26-8-6-25(7-9-26)12-13-4-2-1-3-5-13/h1-5,10-11,27H,6-9,12H2/b24-17-. The Morgan fingerprint density at radius 3 is 2.37 bits per heavy atom. The Bertz CT molecular complexity index is 806. The molecular formula is C18H18ClF3N4O. The van der Waals surface area contributed by atoms with Crippen molar-refractivity contribution in [2.45, 2.75) is 12.7 Å². The number of amidine groups is 1. The van der Waals surface area contributed by atoms with Crippen molar-refractivity contribution in [3.63, 3.8) is 0 Å². The van der Waals surface area contributed by atoms with Crippen LogP contribution in [0.3, 0.4) is 0 Å². The first-order valence-corrected chi connectivity index (χ1v) is 8.72. The van der Waals surface area contributed by atoms with E-state index in [9.17, 15) is 18.4 Å². The normalized spacial score (nSPS) is 16.6. The molecule has 1 fully saturated rings. The third kappa shape index (κ3) is 4.70. The molecule has 1 aliphatic heterocycles. The number of benzene rings is 1. The van der Waals surface area contributed by atoms with Crippen molar-refractivity contribution in [1.82, 2.24) is 14.8 Å². The number of halogens is 4. The summed E-state index contributed by atoms with van der Waals surface area (Å²) >= 11 is 5.97. The van der Waals surface area contributed by atoms with Gasteiger partial charge in [-0.2, -0.15) is 13.2 Å². The number of hydrogen-bond donors (Lipinski definition) is 1. The van der Waals surface area contributed by atoms with Gasteiger partial charge in [-0.3, -0.25) is 9.88 Å². The van der Waals surface area contributed by atoms with Crippen molar-refractivity contribution < 1.29 is 18.4 Å². The molecule has 1 aliphatic rings. The number of aromatic nitrogens is 1. The first-order valence-electron chi connectivity index (χ1n) is 8.35. The van der Waals surface area contributed by atoms with Crippen LogP contribution >= 0.6 is 11.6 Å². The number of nitrogens with zero attached hydrogens (tertiary/aromatic N) is 4. The van der Waals surface area contributed by atoms with E-state index in [0.717, 1.165) is 12.6 Å². The number of pyridine rings is 1. The predicted molar refractivity (Wildman–Crippen MR) is 95.9 cm³/mol. The monoisotopic (exact) mass is 398 g/mol. The quantitative estimate of drug-likeness (QED) is 0.370. The fourth-order valence-corrected chi connectivity index (χ4v) is 3.23. The van der Waals surface area contributed by atoms with E-state index in [2.05, 4.69) is 27.2 Å². The average molecular weight is 399 g/mol. The van der Waals surface area contributed by atoms with Crippen LogP contribution in [0.25, 0.3) is 0 Å². The summed E-state index contributed by atoms with van der Waals surface area (Å²) in [4.78, 5) is 7.80. The second-order valence-electron chi connectivity index (χ2n) is 6.22. The summed E-state index contributed by atoms with van der Waals surface area (Å²) in [5.74, 6) is 0.0769. The molecule has 0 aliphatic carbocycles. The predicted octanol–water partition coefficient (Wildman–Crippen LogP) is 3.71. The van der Waals surface area contributed by atoms with Crippen LogP contribution in [0, 0.1) is 0 Å². The third-order valence-corrected chi connectivity index (χ3v) is 4.68. The van der Waals surface area contributed by atoms with Crippen LogP contribution in [-0.2, 0) is 12.7 Å². The lowest BCUT2D eigenvalue weighted by Crippen LogP contribution is -2.48. The van der Waals surface area contributed by atoms with Crippen molar-refractivity contribution in [3.05, 3.63) is 64.4 Å². The summed E-state index contributed by atoms with van der Waals surface area (Å²) in [5.41, 5.74) is 0.291.